The van der Waals surface area contributed by atoms with Gasteiger partial charge in [0.15, 0.2) is 0 Å². The third kappa shape index (κ3) is 1.60. The number of rotatable bonds is 0. The number of carbonyl (C=O) groups is 1. The highest BCUT2D eigenvalue weighted by atomic mass is 16.2. The van der Waals surface area contributed by atoms with E-state index in [0.717, 1.165) is 32.7 Å². The van der Waals surface area contributed by atoms with Crippen LogP contribution in [0.25, 0.3) is 32.7 Å². The van der Waals surface area contributed by atoms with Gasteiger partial charge < -0.3 is 0 Å². The Morgan fingerprint density at radius 1 is 0.583 bits per heavy atom. The Morgan fingerprint density at radius 3 is 1.71 bits per heavy atom. The van der Waals surface area contributed by atoms with Crippen LogP contribution >= 0.6 is 0 Å². The van der Waals surface area contributed by atoms with Gasteiger partial charge in [-0.05, 0) is 32.7 Å². The van der Waals surface area contributed by atoms with Crippen molar-refractivity contribution in [1.29, 1.82) is 0 Å². The van der Waals surface area contributed by atoms with Gasteiger partial charge in [0.25, 0.3) is 5.78 Å². The smallest absolute Gasteiger partial charge is 0.279 e. The molecule has 2 nitrogen and oxygen atoms in total. The number of hydrogen-bond donors (Lipinski definition) is 0. The van der Waals surface area contributed by atoms with E-state index < -0.39 is 0 Å². The van der Waals surface area contributed by atoms with Crippen molar-refractivity contribution in [2.45, 2.75) is 0 Å². The predicted octanol–water partition coefficient (Wildman–Crippen LogP) is 4.75. The summed E-state index contributed by atoms with van der Waals surface area (Å²) in [4.78, 5) is 23.7. The van der Waals surface area contributed by atoms with Gasteiger partial charge in [-0.25, -0.2) is 0 Å². The first-order chi connectivity index (χ1) is 11.8. The topological polar surface area (TPSA) is 38.5 Å². The van der Waals surface area contributed by atoms with Gasteiger partial charge in [-0.1, -0.05) is 72.8 Å². The zero-order valence-electron chi connectivity index (χ0n) is 12.8. The molecule has 1 N–H and O–H groups in total. The van der Waals surface area contributed by atoms with E-state index in [1.807, 2.05) is 72.8 Å². The van der Waals surface area contributed by atoms with Crippen molar-refractivity contribution in [3.05, 3.63) is 83.9 Å². The van der Waals surface area contributed by atoms with Crippen molar-refractivity contribution in [3.63, 3.8) is 0 Å². The summed E-state index contributed by atoms with van der Waals surface area (Å²) in [6, 6.07) is 23.7. The van der Waals surface area contributed by atoms with Crippen molar-refractivity contribution < 1.29 is 9.59 Å². The summed E-state index contributed by atoms with van der Waals surface area (Å²) >= 11 is 0. The van der Waals surface area contributed by atoms with Crippen LogP contribution in [0.5, 0.6) is 0 Å². The Balaban J connectivity index is 1.98. The first-order valence-corrected chi connectivity index (χ1v) is 7.90. The summed E-state index contributed by atoms with van der Waals surface area (Å²) in [5, 5.41) is 3.80. The molecule has 112 valence electrons. The molecular weight excluding hydrogens is 296 g/mol. The molecule has 0 saturated heterocycles. The van der Waals surface area contributed by atoms with Gasteiger partial charge in [-0.2, -0.15) is 0 Å². The van der Waals surface area contributed by atoms with Crippen LogP contribution in [0.1, 0.15) is 15.9 Å². The third-order valence-electron chi connectivity index (χ3n) is 4.83. The van der Waals surface area contributed by atoms with Crippen LogP contribution in [-0.4, -0.2) is 16.4 Å². The van der Waals surface area contributed by atoms with Crippen LogP contribution < -0.4 is 0 Å². The van der Waals surface area contributed by atoms with Crippen molar-refractivity contribution in [2.24, 2.45) is 0 Å². The molecule has 2 heteroatoms. The number of Topliss-reactive ketones (excluding diaryl/α,β-unsaturated/α-hetero) is 1. The molecule has 0 radical (unpaired) electrons. The van der Waals surface area contributed by atoms with Crippen LogP contribution in [-0.2, 0) is 0 Å². The first kappa shape index (κ1) is 13.2. The van der Waals surface area contributed by atoms with E-state index in [0.29, 0.717) is 11.1 Å². The molecule has 0 aliphatic heterocycles. The lowest BCUT2D eigenvalue weighted by Crippen LogP contribution is -2.23. The van der Waals surface area contributed by atoms with Crippen LogP contribution in [0.2, 0.25) is 0 Å². The lowest BCUT2D eigenvalue weighted by Gasteiger charge is -2.18. The molecular formula is C22H13O2+. The van der Waals surface area contributed by atoms with E-state index in [-0.39, 0.29) is 11.6 Å². The Hall–Kier alpha value is -3.26. The minimum absolute atomic E-state index is 0.161. The number of ketones is 2. The zero-order valence-corrected chi connectivity index (χ0v) is 12.8. The molecule has 0 saturated carbocycles. The van der Waals surface area contributed by atoms with Gasteiger partial charge in [-0.15, -0.1) is 0 Å². The van der Waals surface area contributed by atoms with Gasteiger partial charge in [0.05, 0.1) is 5.56 Å². The molecule has 24 heavy (non-hydrogen) atoms. The fraction of sp³-hybridized carbons (Fsp3) is 0. The molecule has 5 rings (SSSR count). The van der Waals surface area contributed by atoms with Crippen LogP contribution in [0, 0.1) is 0 Å². The van der Waals surface area contributed by atoms with Crippen LogP contribution in [0.3, 0.4) is 0 Å². The summed E-state index contributed by atoms with van der Waals surface area (Å²) in [6.45, 7) is 0. The molecule has 1 aliphatic carbocycles. The Bertz CT molecular complexity index is 1090. The van der Waals surface area contributed by atoms with Gasteiger partial charge in [0.1, 0.15) is 0 Å². The molecule has 0 spiro atoms. The van der Waals surface area contributed by atoms with Gasteiger partial charge >= 0.3 is 5.78 Å². The van der Waals surface area contributed by atoms with Crippen molar-refractivity contribution in [3.8, 4) is 11.1 Å². The minimum atomic E-state index is -0.300. The fourth-order valence-electron chi connectivity index (χ4n) is 3.72. The molecule has 0 heterocycles. The second-order valence-corrected chi connectivity index (χ2v) is 6.10. The van der Waals surface area contributed by atoms with Crippen molar-refractivity contribution in [1.82, 2.24) is 0 Å². The van der Waals surface area contributed by atoms with E-state index in [4.69, 9.17) is 0 Å². The van der Waals surface area contributed by atoms with E-state index in [1.165, 1.54) is 0 Å². The lowest BCUT2D eigenvalue weighted by atomic mass is 9.79. The first-order valence-electron chi connectivity index (χ1n) is 7.90. The number of hydrogen-bond acceptors (Lipinski definition) is 1. The maximum atomic E-state index is 12.9. The molecule has 0 fully saturated rings. The van der Waals surface area contributed by atoms with Gasteiger partial charge in [0, 0.05) is 5.56 Å². The second-order valence-electron chi connectivity index (χ2n) is 6.10. The van der Waals surface area contributed by atoms with E-state index in [2.05, 4.69) is 0 Å². The van der Waals surface area contributed by atoms with Gasteiger partial charge in [0.2, 0.25) is 0 Å². The van der Waals surface area contributed by atoms with Crippen molar-refractivity contribution >= 4 is 33.1 Å². The summed E-state index contributed by atoms with van der Waals surface area (Å²) < 4.78 is 0. The lowest BCUT2D eigenvalue weighted by molar-refractivity contribution is 0.106. The summed E-state index contributed by atoms with van der Waals surface area (Å²) in [5.41, 5.74) is 3.03. The number of carbonyl (C=O) groups excluding carboxylic acids is 2. The maximum absolute atomic E-state index is 12.9. The fourth-order valence-corrected chi connectivity index (χ4v) is 3.72. The quantitative estimate of drug-likeness (QED) is 0.341. The van der Waals surface area contributed by atoms with Gasteiger partial charge in [-0.3, -0.25) is 9.59 Å². The van der Waals surface area contributed by atoms with E-state index >= 15 is 0 Å². The molecule has 0 amide bonds. The highest BCUT2D eigenvalue weighted by Gasteiger charge is 2.37. The highest BCUT2D eigenvalue weighted by Crippen LogP contribution is 2.40. The summed E-state index contributed by atoms with van der Waals surface area (Å²) in [7, 11) is 0. The number of fused-ring (bicyclic) bond motifs is 7. The third-order valence-corrected chi connectivity index (χ3v) is 4.83. The Labute approximate surface area is 138 Å². The Morgan fingerprint density at radius 2 is 1.08 bits per heavy atom. The van der Waals surface area contributed by atoms with Crippen molar-refractivity contribution in [2.75, 3.05) is 0 Å². The minimum Gasteiger partial charge on any atom is -0.279 e. The standard InChI is InChI=1S/C22H12O2/c23-21-19-15-7-3-1-5-13(15)9-11-17(19)18-12-10-14-6-2-4-8-16(14)20(18)22(21)24/h1-12H/p+1. The molecule has 1 aliphatic rings. The maximum Gasteiger partial charge on any atom is 0.395 e. The largest absolute Gasteiger partial charge is 0.395 e. The molecule has 4 aromatic rings. The molecule has 4 aromatic carbocycles. The summed E-state index contributed by atoms with van der Waals surface area (Å²) in [5.74, 6) is -0.462. The predicted molar refractivity (Wildman–Crippen MR) is 97.3 cm³/mol. The van der Waals surface area contributed by atoms with E-state index in [1.54, 1.807) is 0 Å². The Kier molecular flexibility index (Phi) is 2.54. The zero-order chi connectivity index (χ0) is 16.3. The highest BCUT2D eigenvalue weighted by molar-refractivity contribution is 6.56. The number of benzene rings is 4. The van der Waals surface area contributed by atoms with Crippen LogP contribution in [0.15, 0.2) is 72.8 Å². The molecule has 0 unspecified atom stereocenters. The SMILES string of the molecule is O=C1C(=[OH+])c2c(ccc3ccccc23)-c2ccc3ccccc3c21. The molecule has 0 bridgehead atoms. The average molecular weight is 309 g/mol. The van der Waals surface area contributed by atoms with Crippen LogP contribution in [0.4, 0.5) is 0 Å². The molecule has 0 atom stereocenters. The summed E-state index contributed by atoms with van der Waals surface area (Å²) in [6.07, 6.45) is 0. The molecule has 0 aromatic heterocycles. The second kappa shape index (κ2) is 4.62. The van der Waals surface area contributed by atoms with E-state index in [9.17, 15) is 9.59 Å². The normalized spacial score (nSPS) is 13.2. The average Bonchev–Trinajstić information content (AvgIpc) is 2.64. The monoisotopic (exact) mass is 309 g/mol.